The molecule has 0 fully saturated rings. The molecule has 0 aliphatic rings. The van der Waals surface area contributed by atoms with Crippen molar-refractivity contribution in [3.05, 3.63) is 90.3 Å². The van der Waals surface area contributed by atoms with Gasteiger partial charge in [0.2, 0.25) is 0 Å². The molecule has 1 heterocycles. The third kappa shape index (κ3) is 3.73. The van der Waals surface area contributed by atoms with Crippen molar-refractivity contribution in [3.63, 3.8) is 0 Å². The van der Waals surface area contributed by atoms with E-state index in [1.807, 2.05) is 0 Å². The molecule has 3 rings (SSSR count). The Morgan fingerprint density at radius 1 is 1.00 bits per heavy atom. The van der Waals surface area contributed by atoms with Crippen LogP contribution in [-0.2, 0) is 16.6 Å². The maximum absolute atomic E-state index is 13.2. The van der Waals surface area contributed by atoms with Gasteiger partial charge in [-0.15, -0.1) is 0 Å². The molecule has 6 nitrogen and oxygen atoms in total. The van der Waals surface area contributed by atoms with Crippen LogP contribution < -0.4 is 4.31 Å². The van der Waals surface area contributed by atoms with E-state index in [4.69, 9.17) is 5.11 Å². The number of carbonyl (C=O) groups is 1. The lowest BCUT2D eigenvalue weighted by atomic mass is 10.2. The smallest absolute Gasteiger partial charge is 0.335 e. The zero-order valence-electron chi connectivity index (χ0n) is 13.7. The molecule has 26 heavy (non-hydrogen) atoms. The summed E-state index contributed by atoms with van der Waals surface area (Å²) in [5, 5.41) is 9.15. The largest absolute Gasteiger partial charge is 0.478 e. The number of pyridine rings is 1. The van der Waals surface area contributed by atoms with E-state index < -0.39 is 16.0 Å². The predicted molar refractivity (Wildman–Crippen MR) is 97.4 cm³/mol. The highest BCUT2D eigenvalue weighted by molar-refractivity contribution is 7.92. The second kappa shape index (κ2) is 7.37. The Bertz CT molecular complexity index is 1010. The zero-order chi connectivity index (χ0) is 18.6. The standard InChI is InChI=1S/C19H16N2O4S/c22-19(23)16-7-4-10-18(12-16)26(24,25)21(17-8-2-1-3-9-17)14-15-6-5-11-20-13-15/h1-13H,14H2,(H,22,23). The number of rotatable bonds is 6. The molecule has 0 saturated carbocycles. The quantitative estimate of drug-likeness (QED) is 0.722. The molecule has 1 N–H and O–H groups in total. The molecule has 1 aromatic heterocycles. The van der Waals surface area contributed by atoms with Gasteiger partial charge in [0, 0.05) is 12.4 Å². The van der Waals surface area contributed by atoms with Gasteiger partial charge in [-0.1, -0.05) is 30.3 Å². The Kier molecular flexibility index (Phi) is 4.99. The first-order chi connectivity index (χ1) is 12.5. The summed E-state index contributed by atoms with van der Waals surface area (Å²) in [6, 6.07) is 17.5. The van der Waals surface area contributed by atoms with Crippen LogP contribution in [0.1, 0.15) is 15.9 Å². The summed E-state index contributed by atoms with van der Waals surface area (Å²) in [4.78, 5) is 15.1. The number of hydrogen-bond donors (Lipinski definition) is 1. The number of benzene rings is 2. The van der Waals surface area contributed by atoms with Crippen molar-refractivity contribution in [2.45, 2.75) is 11.4 Å². The monoisotopic (exact) mass is 368 g/mol. The van der Waals surface area contributed by atoms with Crippen LogP contribution in [0.5, 0.6) is 0 Å². The highest BCUT2D eigenvalue weighted by Crippen LogP contribution is 2.26. The van der Waals surface area contributed by atoms with E-state index in [1.54, 1.807) is 54.9 Å². The van der Waals surface area contributed by atoms with Crippen LogP contribution in [0.2, 0.25) is 0 Å². The van der Waals surface area contributed by atoms with Crippen molar-refractivity contribution >= 4 is 21.7 Å². The van der Waals surface area contributed by atoms with E-state index in [1.165, 1.54) is 22.5 Å². The van der Waals surface area contributed by atoms with Gasteiger partial charge in [-0.3, -0.25) is 9.29 Å². The molecule has 0 aliphatic heterocycles. The SMILES string of the molecule is O=C(O)c1cccc(S(=O)(=O)N(Cc2cccnc2)c2ccccc2)c1. The molecule has 0 radical (unpaired) electrons. The number of nitrogens with zero attached hydrogens (tertiary/aromatic N) is 2. The number of hydrogen-bond acceptors (Lipinski definition) is 4. The molecule has 7 heteroatoms. The molecular weight excluding hydrogens is 352 g/mol. The molecule has 0 saturated heterocycles. The number of carboxylic acid groups (broad SMARTS) is 1. The molecule has 0 atom stereocenters. The molecule has 3 aromatic rings. The minimum Gasteiger partial charge on any atom is -0.478 e. The average molecular weight is 368 g/mol. The number of sulfonamides is 1. The van der Waals surface area contributed by atoms with Crippen molar-refractivity contribution in [3.8, 4) is 0 Å². The number of aromatic nitrogens is 1. The van der Waals surface area contributed by atoms with Crippen LogP contribution >= 0.6 is 0 Å². The van der Waals surface area contributed by atoms with Gasteiger partial charge in [-0.2, -0.15) is 0 Å². The maximum atomic E-state index is 13.2. The van der Waals surface area contributed by atoms with E-state index in [0.29, 0.717) is 11.3 Å². The Morgan fingerprint density at radius 2 is 1.77 bits per heavy atom. The lowest BCUT2D eigenvalue weighted by molar-refractivity contribution is 0.0696. The fourth-order valence-electron chi connectivity index (χ4n) is 2.48. The first kappa shape index (κ1) is 17.6. The van der Waals surface area contributed by atoms with Crippen molar-refractivity contribution in [1.29, 1.82) is 0 Å². The van der Waals surface area contributed by atoms with Crippen LogP contribution in [0.3, 0.4) is 0 Å². The van der Waals surface area contributed by atoms with Crippen LogP contribution in [-0.4, -0.2) is 24.5 Å². The summed E-state index contributed by atoms with van der Waals surface area (Å²) in [6.45, 7) is 0.0808. The van der Waals surface area contributed by atoms with Crippen molar-refractivity contribution in [1.82, 2.24) is 4.98 Å². The zero-order valence-corrected chi connectivity index (χ0v) is 14.5. The maximum Gasteiger partial charge on any atom is 0.335 e. The van der Waals surface area contributed by atoms with E-state index in [2.05, 4.69) is 4.98 Å². The Labute approximate surface area is 151 Å². The molecule has 2 aromatic carbocycles. The van der Waals surface area contributed by atoms with Crippen molar-refractivity contribution in [2.24, 2.45) is 0 Å². The van der Waals surface area contributed by atoms with Gasteiger partial charge >= 0.3 is 5.97 Å². The van der Waals surface area contributed by atoms with Gasteiger partial charge in [-0.05, 0) is 42.0 Å². The first-order valence-corrected chi connectivity index (χ1v) is 9.22. The van der Waals surface area contributed by atoms with E-state index in [0.717, 1.165) is 6.07 Å². The summed E-state index contributed by atoms with van der Waals surface area (Å²) in [5.74, 6) is -1.18. The van der Waals surface area contributed by atoms with Crippen LogP contribution in [0, 0.1) is 0 Å². The Balaban J connectivity index is 2.08. The Morgan fingerprint density at radius 3 is 2.42 bits per heavy atom. The molecule has 0 amide bonds. The summed E-state index contributed by atoms with van der Waals surface area (Å²) in [7, 11) is -3.97. The van der Waals surface area contributed by atoms with E-state index in [-0.39, 0.29) is 17.0 Å². The highest BCUT2D eigenvalue weighted by Gasteiger charge is 2.26. The first-order valence-electron chi connectivity index (χ1n) is 7.78. The number of anilines is 1. The van der Waals surface area contributed by atoms with Crippen LogP contribution in [0.25, 0.3) is 0 Å². The van der Waals surface area contributed by atoms with E-state index in [9.17, 15) is 13.2 Å². The number of aromatic carboxylic acids is 1. The minimum absolute atomic E-state index is 0.0786. The topological polar surface area (TPSA) is 87.6 Å². The van der Waals surface area contributed by atoms with Crippen molar-refractivity contribution in [2.75, 3.05) is 4.31 Å². The van der Waals surface area contributed by atoms with Gasteiger partial charge < -0.3 is 5.11 Å². The van der Waals surface area contributed by atoms with Gasteiger partial charge in [0.15, 0.2) is 0 Å². The lowest BCUT2D eigenvalue weighted by Crippen LogP contribution is -2.30. The van der Waals surface area contributed by atoms with E-state index >= 15 is 0 Å². The highest BCUT2D eigenvalue weighted by atomic mass is 32.2. The van der Waals surface area contributed by atoms with Gasteiger partial charge in [0.25, 0.3) is 10.0 Å². The molecular formula is C19H16N2O4S. The van der Waals surface area contributed by atoms with Gasteiger partial charge in [-0.25, -0.2) is 13.2 Å². The summed E-state index contributed by atoms with van der Waals surface area (Å²) >= 11 is 0. The van der Waals surface area contributed by atoms with Gasteiger partial charge in [0.05, 0.1) is 22.7 Å². The number of para-hydroxylation sites is 1. The number of carboxylic acids is 1. The molecule has 0 unspecified atom stereocenters. The second-order valence-corrected chi connectivity index (χ2v) is 7.40. The minimum atomic E-state index is -3.97. The third-order valence-electron chi connectivity index (χ3n) is 3.76. The Hall–Kier alpha value is -3.19. The lowest BCUT2D eigenvalue weighted by Gasteiger charge is -2.24. The normalized spacial score (nSPS) is 11.1. The fraction of sp³-hybridized carbons (Fsp3) is 0.0526. The summed E-state index contributed by atoms with van der Waals surface area (Å²) in [6.07, 6.45) is 3.21. The molecule has 0 aliphatic carbocycles. The summed E-state index contributed by atoms with van der Waals surface area (Å²) < 4.78 is 27.7. The third-order valence-corrected chi connectivity index (χ3v) is 5.53. The van der Waals surface area contributed by atoms with Gasteiger partial charge in [0.1, 0.15) is 0 Å². The molecule has 0 spiro atoms. The van der Waals surface area contributed by atoms with Crippen LogP contribution in [0.4, 0.5) is 5.69 Å². The predicted octanol–water partition coefficient (Wildman–Crippen LogP) is 3.18. The fourth-order valence-corrected chi connectivity index (χ4v) is 3.98. The molecule has 0 bridgehead atoms. The van der Waals surface area contributed by atoms with Crippen LogP contribution in [0.15, 0.2) is 84.0 Å². The average Bonchev–Trinajstić information content (AvgIpc) is 2.67. The second-order valence-electron chi connectivity index (χ2n) is 5.54. The molecule has 132 valence electrons. The van der Waals surface area contributed by atoms with Crippen molar-refractivity contribution < 1.29 is 18.3 Å². The summed E-state index contributed by atoms with van der Waals surface area (Å²) in [5.41, 5.74) is 1.12.